The lowest BCUT2D eigenvalue weighted by Crippen LogP contribution is -2.31. The van der Waals surface area contributed by atoms with E-state index < -0.39 is 24.1 Å². The van der Waals surface area contributed by atoms with Gasteiger partial charge in [0.15, 0.2) is 0 Å². The molecule has 0 N–H and O–H groups in total. The van der Waals surface area contributed by atoms with Gasteiger partial charge in [-0.05, 0) is 51.0 Å². The minimum absolute atomic E-state index is 0.417. The number of carbonyl (C=O) groups excluding carboxylic acids is 2. The van der Waals surface area contributed by atoms with E-state index in [9.17, 15) is 9.59 Å². The summed E-state index contributed by atoms with van der Waals surface area (Å²) >= 11 is 0. The molecule has 0 bridgehead atoms. The first-order chi connectivity index (χ1) is 11.4. The smallest absolute Gasteiger partial charge is 0.338 e. The minimum atomic E-state index is -0.551. The Morgan fingerprint density at radius 3 is 1.38 bits per heavy atom. The van der Waals surface area contributed by atoms with Gasteiger partial charge in [-0.3, -0.25) is 0 Å². The van der Waals surface area contributed by atoms with Gasteiger partial charge in [-0.15, -0.1) is 0 Å². The molecule has 2 aromatic rings. The van der Waals surface area contributed by atoms with Gasteiger partial charge in [-0.25, -0.2) is 9.59 Å². The number of hydrogen-bond donors (Lipinski definition) is 0. The number of benzene rings is 2. The zero-order valence-corrected chi connectivity index (χ0v) is 14.4. The summed E-state index contributed by atoms with van der Waals surface area (Å²) in [6.45, 7) is 7.13. The SMILES string of the molecule is Cc1ccccc1C(=O)OC(C)C(C)OC(=O)c1ccccc1C. The largest absolute Gasteiger partial charge is 0.455 e. The Balaban J connectivity index is 1.98. The third-order valence-corrected chi connectivity index (χ3v) is 3.98. The average molecular weight is 326 g/mol. The van der Waals surface area contributed by atoms with Crippen LogP contribution in [0.3, 0.4) is 0 Å². The van der Waals surface area contributed by atoms with Crippen LogP contribution in [0.5, 0.6) is 0 Å². The first-order valence-corrected chi connectivity index (χ1v) is 7.93. The van der Waals surface area contributed by atoms with Gasteiger partial charge in [0.25, 0.3) is 0 Å². The van der Waals surface area contributed by atoms with E-state index in [2.05, 4.69) is 0 Å². The van der Waals surface area contributed by atoms with E-state index in [4.69, 9.17) is 9.47 Å². The van der Waals surface area contributed by atoms with Crippen LogP contribution in [0.1, 0.15) is 45.7 Å². The molecule has 2 rings (SSSR count). The van der Waals surface area contributed by atoms with Crippen molar-refractivity contribution in [3.05, 3.63) is 70.8 Å². The number of esters is 2. The van der Waals surface area contributed by atoms with Crippen molar-refractivity contribution in [3.8, 4) is 0 Å². The first kappa shape index (κ1) is 17.7. The van der Waals surface area contributed by atoms with Gasteiger partial charge < -0.3 is 9.47 Å². The third kappa shape index (κ3) is 4.22. The summed E-state index contributed by atoms with van der Waals surface area (Å²) in [6.07, 6.45) is -1.10. The van der Waals surface area contributed by atoms with E-state index in [-0.39, 0.29) is 0 Å². The van der Waals surface area contributed by atoms with Crippen LogP contribution in [0.15, 0.2) is 48.5 Å². The molecule has 2 unspecified atom stereocenters. The molecular weight excluding hydrogens is 304 g/mol. The molecule has 126 valence electrons. The number of carbonyl (C=O) groups is 2. The summed E-state index contributed by atoms with van der Waals surface area (Å²) < 4.78 is 10.9. The van der Waals surface area contributed by atoms with Gasteiger partial charge in [0.1, 0.15) is 12.2 Å². The Hall–Kier alpha value is -2.62. The molecule has 0 spiro atoms. The lowest BCUT2D eigenvalue weighted by molar-refractivity contribution is -0.0240. The van der Waals surface area contributed by atoms with E-state index in [1.807, 2.05) is 38.1 Å². The number of ether oxygens (including phenoxy) is 2. The number of hydrogen-bond acceptors (Lipinski definition) is 4. The summed E-state index contributed by atoms with van der Waals surface area (Å²) in [5, 5.41) is 0. The average Bonchev–Trinajstić information content (AvgIpc) is 2.55. The highest BCUT2D eigenvalue weighted by atomic mass is 16.6. The van der Waals surface area contributed by atoms with Gasteiger partial charge in [0, 0.05) is 0 Å². The Labute approximate surface area is 142 Å². The van der Waals surface area contributed by atoms with Gasteiger partial charge in [0.2, 0.25) is 0 Å². The third-order valence-electron chi connectivity index (χ3n) is 3.98. The van der Waals surface area contributed by atoms with Crippen molar-refractivity contribution in [1.82, 2.24) is 0 Å². The van der Waals surface area contributed by atoms with Crippen LogP contribution in [-0.2, 0) is 9.47 Å². The van der Waals surface area contributed by atoms with Crippen molar-refractivity contribution in [3.63, 3.8) is 0 Å². The predicted octanol–water partition coefficient (Wildman–Crippen LogP) is 4.09. The Kier molecular flexibility index (Phi) is 5.74. The maximum atomic E-state index is 12.2. The molecule has 0 aliphatic heterocycles. The van der Waals surface area contributed by atoms with E-state index in [1.165, 1.54) is 0 Å². The quantitative estimate of drug-likeness (QED) is 0.776. The second-order valence-corrected chi connectivity index (χ2v) is 5.85. The molecule has 0 heterocycles. The molecular formula is C20H22O4. The maximum Gasteiger partial charge on any atom is 0.338 e. The van der Waals surface area contributed by atoms with Crippen molar-refractivity contribution in [1.29, 1.82) is 0 Å². The fraction of sp³-hybridized carbons (Fsp3) is 0.300. The van der Waals surface area contributed by atoms with Crippen LogP contribution >= 0.6 is 0 Å². The second kappa shape index (κ2) is 7.77. The van der Waals surface area contributed by atoms with Crippen LogP contribution < -0.4 is 0 Å². The van der Waals surface area contributed by atoms with Crippen molar-refractivity contribution in [2.75, 3.05) is 0 Å². The molecule has 0 amide bonds. The standard InChI is InChI=1S/C20H22O4/c1-13-9-5-7-11-17(13)19(21)23-15(3)16(4)24-20(22)18-12-8-6-10-14(18)2/h5-12,15-16H,1-4H3. The van der Waals surface area contributed by atoms with Crippen LogP contribution in [0.4, 0.5) is 0 Å². The molecule has 0 aliphatic rings. The second-order valence-electron chi connectivity index (χ2n) is 5.85. The molecule has 4 heteroatoms. The maximum absolute atomic E-state index is 12.2. The molecule has 0 fully saturated rings. The Morgan fingerprint density at radius 2 is 1.04 bits per heavy atom. The molecule has 24 heavy (non-hydrogen) atoms. The Morgan fingerprint density at radius 1 is 0.708 bits per heavy atom. The highest BCUT2D eigenvalue weighted by Gasteiger charge is 2.23. The summed E-state index contributed by atoms with van der Waals surface area (Å²) in [5.74, 6) is -0.834. The van der Waals surface area contributed by atoms with Crippen molar-refractivity contribution >= 4 is 11.9 Å². The highest BCUT2D eigenvalue weighted by Crippen LogP contribution is 2.15. The lowest BCUT2D eigenvalue weighted by atomic mass is 10.1. The summed E-state index contributed by atoms with van der Waals surface area (Å²) in [4.78, 5) is 24.5. The van der Waals surface area contributed by atoms with Gasteiger partial charge in [-0.1, -0.05) is 36.4 Å². The van der Waals surface area contributed by atoms with E-state index >= 15 is 0 Å². The highest BCUT2D eigenvalue weighted by molar-refractivity contribution is 5.92. The fourth-order valence-corrected chi connectivity index (χ4v) is 2.26. The minimum Gasteiger partial charge on any atom is -0.455 e. The van der Waals surface area contributed by atoms with Crippen LogP contribution in [0, 0.1) is 13.8 Å². The summed E-state index contributed by atoms with van der Waals surface area (Å²) in [7, 11) is 0. The Bertz CT molecular complexity index is 672. The van der Waals surface area contributed by atoms with Crippen molar-refractivity contribution < 1.29 is 19.1 Å². The number of rotatable bonds is 5. The predicted molar refractivity (Wildman–Crippen MR) is 92.1 cm³/mol. The summed E-state index contributed by atoms with van der Waals surface area (Å²) in [6, 6.07) is 14.4. The molecule has 0 aromatic heterocycles. The monoisotopic (exact) mass is 326 g/mol. The first-order valence-electron chi connectivity index (χ1n) is 7.93. The van der Waals surface area contributed by atoms with E-state index in [0.29, 0.717) is 11.1 Å². The van der Waals surface area contributed by atoms with Crippen LogP contribution in [0.2, 0.25) is 0 Å². The molecule has 0 radical (unpaired) electrons. The molecule has 2 atom stereocenters. The van der Waals surface area contributed by atoms with E-state index in [1.54, 1.807) is 38.1 Å². The molecule has 2 aromatic carbocycles. The van der Waals surface area contributed by atoms with Crippen molar-refractivity contribution in [2.24, 2.45) is 0 Å². The van der Waals surface area contributed by atoms with Gasteiger partial charge in [-0.2, -0.15) is 0 Å². The van der Waals surface area contributed by atoms with Gasteiger partial charge >= 0.3 is 11.9 Å². The normalized spacial score (nSPS) is 13.0. The van der Waals surface area contributed by atoms with E-state index in [0.717, 1.165) is 11.1 Å². The molecule has 4 nitrogen and oxygen atoms in total. The molecule has 0 saturated carbocycles. The van der Waals surface area contributed by atoms with Crippen LogP contribution in [-0.4, -0.2) is 24.1 Å². The van der Waals surface area contributed by atoms with Crippen molar-refractivity contribution in [2.45, 2.75) is 39.9 Å². The lowest BCUT2D eigenvalue weighted by Gasteiger charge is -2.21. The van der Waals surface area contributed by atoms with Gasteiger partial charge in [0.05, 0.1) is 11.1 Å². The number of aryl methyl sites for hydroxylation is 2. The zero-order valence-electron chi connectivity index (χ0n) is 14.4. The fourth-order valence-electron chi connectivity index (χ4n) is 2.26. The zero-order chi connectivity index (χ0) is 17.7. The van der Waals surface area contributed by atoms with Crippen LogP contribution in [0.25, 0.3) is 0 Å². The molecule has 0 saturated heterocycles. The topological polar surface area (TPSA) is 52.6 Å². The molecule has 0 aliphatic carbocycles. The summed E-state index contributed by atoms with van der Waals surface area (Å²) in [5.41, 5.74) is 2.72.